The van der Waals surface area contributed by atoms with Gasteiger partial charge < -0.3 is 9.72 Å². The Kier molecular flexibility index (Phi) is 5.39. The van der Waals surface area contributed by atoms with Gasteiger partial charge in [0.2, 0.25) is 0 Å². The fourth-order valence-electron chi connectivity index (χ4n) is 3.27. The van der Waals surface area contributed by atoms with Gasteiger partial charge in [-0.25, -0.2) is 14.1 Å². The maximum atomic E-state index is 14.3. The number of rotatable bonds is 7. The molecule has 29 heavy (non-hydrogen) atoms. The Labute approximate surface area is 168 Å². The summed E-state index contributed by atoms with van der Waals surface area (Å²) in [5.41, 5.74) is 3.17. The topological polar surface area (TPSA) is 59.0 Å². The molecule has 0 fully saturated rings. The number of methoxy groups -OCH3 is 1. The van der Waals surface area contributed by atoms with Gasteiger partial charge in [0.25, 0.3) is 0 Å². The lowest BCUT2D eigenvalue weighted by Crippen LogP contribution is -2.18. The molecular weight excluding hydrogens is 369 g/mol. The Bertz CT molecular complexity index is 1070. The summed E-state index contributed by atoms with van der Waals surface area (Å²) in [5, 5.41) is 4.70. The molecule has 4 rings (SSSR count). The first-order chi connectivity index (χ1) is 14.1. The molecule has 2 aromatic heterocycles. The lowest BCUT2D eigenvalue weighted by Gasteiger charge is -2.15. The summed E-state index contributed by atoms with van der Waals surface area (Å²) in [6, 6.07) is 14.3. The van der Waals surface area contributed by atoms with Crippen molar-refractivity contribution in [1.82, 2.24) is 24.6 Å². The van der Waals surface area contributed by atoms with Crippen molar-refractivity contribution in [2.45, 2.75) is 13.1 Å². The standard InChI is InChI=1S/C22H22FN5O/c1-27(15-21-24-11-12-25-21)13-17-14-28(20-6-4-3-5-19(20)23)26-22(17)16-7-9-18(29-2)10-8-16/h3-12,14H,13,15H2,1-2H3,(H,24,25). The normalized spacial score (nSPS) is 11.2. The summed E-state index contributed by atoms with van der Waals surface area (Å²) >= 11 is 0. The lowest BCUT2D eigenvalue weighted by molar-refractivity contribution is 0.312. The van der Waals surface area contributed by atoms with E-state index in [2.05, 4.69) is 14.9 Å². The zero-order chi connectivity index (χ0) is 20.2. The van der Waals surface area contributed by atoms with Gasteiger partial charge in [0, 0.05) is 36.3 Å². The lowest BCUT2D eigenvalue weighted by atomic mass is 10.1. The number of aromatic nitrogens is 4. The van der Waals surface area contributed by atoms with Crippen molar-refractivity contribution in [3.63, 3.8) is 0 Å². The van der Waals surface area contributed by atoms with Gasteiger partial charge in [0.1, 0.15) is 23.1 Å². The molecule has 4 aromatic rings. The minimum atomic E-state index is -0.313. The predicted octanol–water partition coefficient (Wildman–Crippen LogP) is 4.04. The monoisotopic (exact) mass is 391 g/mol. The summed E-state index contributed by atoms with van der Waals surface area (Å²) in [7, 11) is 3.65. The largest absolute Gasteiger partial charge is 0.497 e. The van der Waals surface area contributed by atoms with Gasteiger partial charge in [0.05, 0.1) is 19.3 Å². The maximum absolute atomic E-state index is 14.3. The number of ether oxygens (including phenoxy) is 1. The molecule has 0 unspecified atom stereocenters. The van der Waals surface area contributed by atoms with E-state index in [1.807, 2.05) is 43.7 Å². The molecular formula is C22H22FN5O. The molecule has 0 aliphatic rings. The van der Waals surface area contributed by atoms with Gasteiger partial charge in [-0.2, -0.15) is 5.10 Å². The first kappa shape index (κ1) is 18.9. The number of hydrogen-bond acceptors (Lipinski definition) is 4. The molecule has 0 atom stereocenters. The Morgan fingerprint density at radius 1 is 1.10 bits per heavy atom. The van der Waals surface area contributed by atoms with E-state index < -0.39 is 0 Å². The Morgan fingerprint density at radius 2 is 1.90 bits per heavy atom. The van der Waals surface area contributed by atoms with Crippen LogP contribution in [0.4, 0.5) is 4.39 Å². The van der Waals surface area contributed by atoms with Crippen LogP contribution in [0.2, 0.25) is 0 Å². The fraction of sp³-hybridized carbons (Fsp3) is 0.182. The van der Waals surface area contributed by atoms with Gasteiger partial charge in [0.15, 0.2) is 0 Å². The highest BCUT2D eigenvalue weighted by atomic mass is 19.1. The van der Waals surface area contributed by atoms with E-state index in [9.17, 15) is 4.39 Å². The zero-order valence-corrected chi connectivity index (χ0v) is 16.3. The van der Waals surface area contributed by atoms with E-state index in [0.29, 0.717) is 18.8 Å². The van der Waals surface area contributed by atoms with Crippen LogP contribution in [0.5, 0.6) is 5.75 Å². The molecule has 0 aliphatic carbocycles. The van der Waals surface area contributed by atoms with Crippen molar-refractivity contribution in [3.05, 3.63) is 84.3 Å². The number of para-hydroxylation sites is 1. The second kappa shape index (κ2) is 8.28. The van der Waals surface area contributed by atoms with Crippen LogP contribution in [0.25, 0.3) is 16.9 Å². The number of H-pyrrole nitrogens is 1. The molecule has 0 radical (unpaired) electrons. The van der Waals surface area contributed by atoms with Crippen molar-refractivity contribution in [3.8, 4) is 22.7 Å². The fourth-order valence-corrected chi connectivity index (χ4v) is 3.27. The maximum Gasteiger partial charge on any atom is 0.148 e. The number of halogens is 1. The Hall–Kier alpha value is -3.45. The minimum Gasteiger partial charge on any atom is -0.497 e. The molecule has 0 bridgehead atoms. The van der Waals surface area contributed by atoms with Crippen molar-refractivity contribution >= 4 is 0 Å². The molecule has 2 heterocycles. The summed E-state index contributed by atoms with van der Waals surface area (Å²) in [6.45, 7) is 1.30. The summed E-state index contributed by atoms with van der Waals surface area (Å²) < 4.78 is 21.2. The SMILES string of the molecule is COc1ccc(-c2nn(-c3ccccc3F)cc2CN(C)Cc2ncc[nH]2)cc1. The third kappa shape index (κ3) is 4.20. The second-order valence-corrected chi connectivity index (χ2v) is 6.84. The number of imidazole rings is 1. The third-order valence-electron chi connectivity index (χ3n) is 4.67. The number of nitrogens with one attached hydrogen (secondary N) is 1. The number of nitrogens with zero attached hydrogens (tertiary/aromatic N) is 4. The van der Waals surface area contributed by atoms with Crippen LogP contribution in [0.1, 0.15) is 11.4 Å². The van der Waals surface area contributed by atoms with Gasteiger partial charge >= 0.3 is 0 Å². The summed E-state index contributed by atoms with van der Waals surface area (Å²) in [5.74, 6) is 1.35. The molecule has 6 nitrogen and oxygen atoms in total. The van der Waals surface area contributed by atoms with E-state index in [1.54, 1.807) is 36.2 Å². The van der Waals surface area contributed by atoms with Crippen molar-refractivity contribution in [2.75, 3.05) is 14.2 Å². The average Bonchev–Trinajstić information content (AvgIpc) is 3.38. The minimum absolute atomic E-state index is 0.313. The molecule has 148 valence electrons. The van der Waals surface area contributed by atoms with Crippen LogP contribution in [-0.4, -0.2) is 38.8 Å². The van der Waals surface area contributed by atoms with E-state index in [4.69, 9.17) is 9.84 Å². The summed E-state index contributed by atoms with van der Waals surface area (Å²) in [4.78, 5) is 9.53. The van der Waals surface area contributed by atoms with E-state index in [0.717, 1.165) is 28.4 Å². The quantitative estimate of drug-likeness (QED) is 0.517. The Balaban J connectivity index is 1.69. The molecule has 0 saturated heterocycles. The van der Waals surface area contributed by atoms with Crippen LogP contribution >= 0.6 is 0 Å². The average molecular weight is 391 g/mol. The molecule has 0 spiro atoms. The van der Waals surface area contributed by atoms with Crippen LogP contribution in [0.15, 0.2) is 67.1 Å². The van der Waals surface area contributed by atoms with Crippen molar-refractivity contribution in [1.29, 1.82) is 0 Å². The van der Waals surface area contributed by atoms with Gasteiger partial charge in [-0.15, -0.1) is 0 Å². The van der Waals surface area contributed by atoms with Crippen LogP contribution in [0, 0.1) is 5.82 Å². The van der Waals surface area contributed by atoms with Crippen molar-refractivity contribution < 1.29 is 9.13 Å². The number of hydrogen-bond donors (Lipinski definition) is 1. The molecule has 2 aromatic carbocycles. The molecule has 0 aliphatic heterocycles. The zero-order valence-electron chi connectivity index (χ0n) is 16.3. The van der Waals surface area contributed by atoms with Crippen LogP contribution in [0.3, 0.4) is 0 Å². The highest BCUT2D eigenvalue weighted by Gasteiger charge is 2.16. The van der Waals surface area contributed by atoms with Crippen LogP contribution < -0.4 is 4.74 Å². The highest BCUT2D eigenvalue weighted by molar-refractivity contribution is 5.64. The molecule has 1 N–H and O–H groups in total. The van der Waals surface area contributed by atoms with Gasteiger partial charge in [-0.1, -0.05) is 12.1 Å². The van der Waals surface area contributed by atoms with Gasteiger partial charge in [-0.05, 0) is 43.4 Å². The first-order valence-corrected chi connectivity index (χ1v) is 9.28. The number of aromatic amines is 1. The Morgan fingerprint density at radius 3 is 2.59 bits per heavy atom. The van der Waals surface area contributed by atoms with Crippen LogP contribution in [-0.2, 0) is 13.1 Å². The predicted molar refractivity (Wildman–Crippen MR) is 109 cm³/mol. The molecule has 7 heteroatoms. The van der Waals surface area contributed by atoms with E-state index in [-0.39, 0.29) is 5.82 Å². The van der Waals surface area contributed by atoms with Gasteiger partial charge in [-0.3, -0.25) is 4.90 Å². The highest BCUT2D eigenvalue weighted by Crippen LogP contribution is 2.27. The second-order valence-electron chi connectivity index (χ2n) is 6.84. The summed E-state index contributed by atoms with van der Waals surface area (Å²) in [6.07, 6.45) is 5.43. The van der Waals surface area contributed by atoms with E-state index in [1.165, 1.54) is 6.07 Å². The van der Waals surface area contributed by atoms with E-state index >= 15 is 0 Å². The van der Waals surface area contributed by atoms with Crippen molar-refractivity contribution in [2.24, 2.45) is 0 Å². The molecule has 0 amide bonds. The smallest absolute Gasteiger partial charge is 0.148 e. The number of benzene rings is 2. The molecule has 0 saturated carbocycles. The first-order valence-electron chi connectivity index (χ1n) is 9.28. The third-order valence-corrected chi connectivity index (χ3v) is 4.67.